The van der Waals surface area contributed by atoms with E-state index in [-0.39, 0.29) is 48.5 Å². The third-order valence-electron chi connectivity index (χ3n) is 8.34. The van der Waals surface area contributed by atoms with Crippen LogP contribution in [0.5, 0.6) is 0 Å². The van der Waals surface area contributed by atoms with E-state index < -0.39 is 6.10 Å². The largest absolute Gasteiger partial charge is 0.469 e. The third kappa shape index (κ3) is 11.4. The number of allylic oxidation sites excluding steroid dienone is 4. The summed E-state index contributed by atoms with van der Waals surface area (Å²) in [5.41, 5.74) is 1.31. The molecule has 40 heavy (non-hydrogen) atoms. The molecule has 3 unspecified atom stereocenters. The van der Waals surface area contributed by atoms with Crippen LogP contribution in [0.3, 0.4) is 0 Å². The van der Waals surface area contributed by atoms with Crippen LogP contribution in [-0.4, -0.2) is 62.3 Å². The number of unbranched alkanes of at least 4 members (excludes halogenated alkanes) is 1. The lowest BCUT2D eigenvalue weighted by Crippen LogP contribution is -2.32. The van der Waals surface area contributed by atoms with Crippen molar-refractivity contribution in [2.45, 2.75) is 129 Å². The molecular formula is C33H54O7. The van der Waals surface area contributed by atoms with E-state index >= 15 is 0 Å². The number of hydrogen-bond acceptors (Lipinski definition) is 7. The summed E-state index contributed by atoms with van der Waals surface area (Å²) in [6.45, 7) is 7.98. The van der Waals surface area contributed by atoms with Crippen molar-refractivity contribution in [3.05, 3.63) is 36.0 Å². The van der Waals surface area contributed by atoms with Gasteiger partial charge in [-0.3, -0.25) is 4.79 Å². The molecule has 1 aliphatic carbocycles. The SMILES string of the molecule is COC(=O)CCCC=CC[C@@H]1[C@@H](C=C[C@@H](OC2CCCCO2)C(C)CC=C(C)C)[C@H](OC2CCCCO2)C[C@H]1O. The molecule has 2 saturated heterocycles. The highest BCUT2D eigenvalue weighted by molar-refractivity contribution is 5.69. The minimum atomic E-state index is -0.452. The fraction of sp³-hybridized carbons (Fsp3) is 0.788. The molecule has 3 rings (SSSR count). The molecule has 1 N–H and O–H groups in total. The number of ether oxygens (including phenoxy) is 5. The standard InChI is InChI=1S/C33H54O7/c1-24(2)17-18-25(3)29(39-32-15-9-11-21-37-32)20-19-27-26(13-7-5-6-8-14-31(35)36-4)28(34)23-30(27)40-33-16-10-12-22-38-33/h5,7,17,19-20,25-30,32-34H,6,8-16,18,21-23H2,1-4H3/t25?,26-,27-,28-,29-,30-,32?,33?/m1/s1. The van der Waals surface area contributed by atoms with Gasteiger partial charge in [-0.1, -0.05) is 42.9 Å². The number of carbonyl (C=O) groups is 1. The highest BCUT2D eigenvalue weighted by Gasteiger charge is 2.42. The van der Waals surface area contributed by atoms with Crippen molar-refractivity contribution in [1.29, 1.82) is 0 Å². The molecule has 0 bridgehead atoms. The Kier molecular flexibility index (Phi) is 14.9. The van der Waals surface area contributed by atoms with Crippen LogP contribution in [0.2, 0.25) is 0 Å². The summed E-state index contributed by atoms with van der Waals surface area (Å²) in [7, 11) is 1.42. The number of esters is 1. The molecule has 7 nitrogen and oxygen atoms in total. The normalized spacial score (nSPS) is 30.9. The van der Waals surface area contributed by atoms with Crippen LogP contribution in [-0.2, 0) is 28.5 Å². The van der Waals surface area contributed by atoms with Gasteiger partial charge >= 0.3 is 5.97 Å². The van der Waals surface area contributed by atoms with Crippen molar-refractivity contribution < 1.29 is 33.6 Å². The van der Waals surface area contributed by atoms with Gasteiger partial charge in [0.2, 0.25) is 0 Å². The Balaban J connectivity index is 1.72. The molecule has 0 radical (unpaired) electrons. The van der Waals surface area contributed by atoms with Crippen LogP contribution in [0.15, 0.2) is 36.0 Å². The van der Waals surface area contributed by atoms with Crippen molar-refractivity contribution in [2.75, 3.05) is 20.3 Å². The minimum absolute atomic E-state index is 0.0429. The first-order valence-corrected chi connectivity index (χ1v) is 15.6. The summed E-state index contributed by atoms with van der Waals surface area (Å²) >= 11 is 0. The number of aliphatic hydroxyl groups excluding tert-OH is 1. The van der Waals surface area contributed by atoms with Gasteiger partial charge in [0.1, 0.15) is 0 Å². The molecule has 0 aromatic heterocycles. The van der Waals surface area contributed by atoms with E-state index in [9.17, 15) is 9.90 Å². The first-order chi connectivity index (χ1) is 19.4. The van der Waals surface area contributed by atoms with Gasteiger partial charge in [-0.2, -0.15) is 0 Å². The molecule has 0 aromatic rings. The van der Waals surface area contributed by atoms with Crippen molar-refractivity contribution in [3.63, 3.8) is 0 Å². The number of carbonyl (C=O) groups excluding carboxylic acids is 1. The molecule has 2 heterocycles. The first kappa shape index (κ1) is 33.0. The van der Waals surface area contributed by atoms with Gasteiger partial charge in [0, 0.05) is 32.0 Å². The van der Waals surface area contributed by atoms with Gasteiger partial charge in [0.05, 0.1) is 25.4 Å². The Labute approximate surface area is 242 Å². The maximum absolute atomic E-state index is 11.4. The van der Waals surface area contributed by atoms with Gasteiger partial charge in [0.25, 0.3) is 0 Å². The van der Waals surface area contributed by atoms with Crippen LogP contribution in [0.25, 0.3) is 0 Å². The summed E-state index contributed by atoms with van der Waals surface area (Å²) in [5, 5.41) is 11.1. The van der Waals surface area contributed by atoms with Crippen LogP contribution >= 0.6 is 0 Å². The Bertz CT molecular complexity index is 806. The fourth-order valence-corrected chi connectivity index (χ4v) is 5.84. The van der Waals surface area contributed by atoms with Gasteiger partial charge in [0.15, 0.2) is 12.6 Å². The monoisotopic (exact) mass is 562 g/mol. The second-order valence-corrected chi connectivity index (χ2v) is 12.0. The van der Waals surface area contributed by atoms with Crippen molar-refractivity contribution in [1.82, 2.24) is 0 Å². The zero-order chi connectivity index (χ0) is 28.7. The fourth-order valence-electron chi connectivity index (χ4n) is 5.84. The number of rotatable bonds is 15. The summed E-state index contributed by atoms with van der Waals surface area (Å²) in [6, 6.07) is 0. The topological polar surface area (TPSA) is 83.5 Å². The molecule has 3 fully saturated rings. The Morgan fingerprint density at radius 2 is 1.77 bits per heavy atom. The van der Waals surface area contributed by atoms with Crippen molar-refractivity contribution in [2.24, 2.45) is 17.8 Å². The Morgan fingerprint density at radius 1 is 1.05 bits per heavy atom. The molecule has 8 atom stereocenters. The molecule has 0 spiro atoms. The summed E-state index contributed by atoms with van der Waals surface area (Å²) < 4.78 is 29.6. The second-order valence-electron chi connectivity index (χ2n) is 12.0. The lowest BCUT2D eigenvalue weighted by atomic mass is 9.88. The zero-order valence-corrected chi connectivity index (χ0v) is 25.3. The maximum Gasteiger partial charge on any atom is 0.305 e. The van der Waals surface area contributed by atoms with E-state index in [2.05, 4.69) is 51.2 Å². The molecular weight excluding hydrogens is 508 g/mol. The van der Waals surface area contributed by atoms with Crippen LogP contribution < -0.4 is 0 Å². The van der Waals surface area contributed by atoms with Gasteiger partial charge in [-0.25, -0.2) is 0 Å². The quantitative estimate of drug-likeness (QED) is 0.136. The molecule has 0 amide bonds. The second kappa shape index (κ2) is 18.1. The lowest BCUT2D eigenvalue weighted by Gasteiger charge is -2.31. The number of methoxy groups -OCH3 is 1. The summed E-state index contributed by atoms with van der Waals surface area (Å²) in [4.78, 5) is 11.4. The summed E-state index contributed by atoms with van der Waals surface area (Å²) in [5.74, 6) is 0.205. The number of hydrogen-bond donors (Lipinski definition) is 1. The average Bonchev–Trinajstić information content (AvgIpc) is 3.25. The highest BCUT2D eigenvalue weighted by atomic mass is 16.7. The van der Waals surface area contributed by atoms with Gasteiger partial charge in [-0.05, 0) is 89.9 Å². The molecule has 7 heteroatoms. The molecule has 3 aliphatic rings. The van der Waals surface area contributed by atoms with Crippen molar-refractivity contribution >= 4 is 5.97 Å². The van der Waals surface area contributed by atoms with E-state index in [0.29, 0.717) is 12.8 Å². The van der Waals surface area contributed by atoms with Crippen LogP contribution in [0.1, 0.15) is 97.8 Å². The average molecular weight is 563 g/mol. The Hall–Kier alpha value is -1.51. The van der Waals surface area contributed by atoms with E-state index in [1.54, 1.807) is 0 Å². The van der Waals surface area contributed by atoms with E-state index in [1.165, 1.54) is 12.7 Å². The molecule has 228 valence electrons. The Morgan fingerprint density at radius 3 is 2.42 bits per heavy atom. The van der Waals surface area contributed by atoms with E-state index in [1.807, 2.05) is 0 Å². The van der Waals surface area contributed by atoms with Crippen LogP contribution in [0.4, 0.5) is 0 Å². The lowest BCUT2D eigenvalue weighted by molar-refractivity contribution is -0.193. The molecule has 1 saturated carbocycles. The predicted octanol–water partition coefficient (Wildman–Crippen LogP) is 6.65. The zero-order valence-electron chi connectivity index (χ0n) is 25.3. The van der Waals surface area contributed by atoms with Gasteiger partial charge in [-0.15, -0.1) is 0 Å². The minimum Gasteiger partial charge on any atom is -0.469 e. The highest BCUT2D eigenvalue weighted by Crippen LogP contribution is 2.40. The summed E-state index contributed by atoms with van der Waals surface area (Å²) in [6.07, 6.45) is 20.5. The molecule has 0 aromatic carbocycles. The van der Waals surface area contributed by atoms with Gasteiger partial charge < -0.3 is 28.8 Å². The third-order valence-corrected chi connectivity index (χ3v) is 8.34. The van der Waals surface area contributed by atoms with Crippen LogP contribution in [0, 0.1) is 17.8 Å². The van der Waals surface area contributed by atoms with E-state index in [4.69, 9.17) is 23.7 Å². The first-order valence-electron chi connectivity index (χ1n) is 15.6. The number of aliphatic hydroxyl groups is 1. The molecule has 2 aliphatic heterocycles. The smallest absolute Gasteiger partial charge is 0.305 e. The van der Waals surface area contributed by atoms with E-state index in [0.717, 1.165) is 77.4 Å². The predicted molar refractivity (Wildman–Crippen MR) is 157 cm³/mol. The van der Waals surface area contributed by atoms with Crippen molar-refractivity contribution in [3.8, 4) is 0 Å². The maximum atomic E-state index is 11.4.